The fraction of sp³-hybridized carbons (Fsp3) is 0.286. The molecule has 0 N–H and O–H groups in total. The van der Waals surface area contributed by atoms with Crippen LogP contribution in [0.15, 0.2) is 42.5 Å². The molecule has 0 saturated heterocycles. The molecule has 0 aliphatic rings. The molecule has 0 saturated carbocycles. The zero-order valence-corrected chi connectivity index (χ0v) is 12.6. The largest absolute Gasteiger partial charge is 0.128 e. The Balaban J connectivity index is 1.79. The standard InChI is InChI=1S/C14H14BrClS/c15-13(11-5-2-1-3-6-11)8-4-7-12-9-10-14(16)17-12/h1-3,5-6,9-10,13H,4,7-8H2. The lowest BCUT2D eigenvalue weighted by molar-refractivity contribution is 0.735. The van der Waals surface area contributed by atoms with Crippen molar-refractivity contribution in [1.29, 1.82) is 0 Å². The first-order chi connectivity index (χ1) is 8.25. The van der Waals surface area contributed by atoms with Crippen molar-refractivity contribution in [2.45, 2.75) is 24.1 Å². The van der Waals surface area contributed by atoms with Crippen LogP contribution in [0.4, 0.5) is 0 Å². The van der Waals surface area contributed by atoms with Gasteiger partial charge in [0.2, 0.25) is 0 Å². The number of aryl methyl sites for hydroxylation is 1. The third kappa shape index (κ3) is 4.13. The summed E-state index contributed by atoms with van der Waals surface area (Å²) in [6.07, 6.45) is 3.45. The first-order valence-electron chi connectivity index (χ1n) is 5.69. The molecule has 0 spiro atoms. The Hall–Kier alpha value is -0.310. The first-order valence-corrected chi connectivity index (χ1v) is 7.80. The van der Waals surface area contributed by atoms with Gasteiger partial charge < -0.3 is 0 Å². The molecule has 2 aromatic rings. The van der Waals surface area contributed by atoms with Gasteiger partial charge in [-0.2, -0.15) is 0 Å². The van der Waals surface area contributed by atoms with Crippen molar-refractivity contribution in [2.75, 3.05) is 0 Å². The summed E-state index contributed by atoms with van der Waals surface area (Å²) in [6.45, 7) is 0. The van der Waals surface area contributed by atoms with Gasteiger partial charge in [-0.1, -0.05) is 57.9 Å². The van der Waals surface area contributed by atoms with Gasteiger partial charge in [-0.05, 0) is 37.0 Å². The van der Waals surface area contributed by atoms with Gasteiger partial charge in [0.1, 0.15) is 0 Å². The third-order valence-corrected chi connectivity index (χ3v) is 4.95. The lowest BCUT2D eigenvalue weighted by Crippen LogP contribution is -1.91. The highest BCUT2D eigenvalue weighted by Gasteiger charge is 2.06. The van der Waals surface area contributed by atoms with Crippen molar-refractivity contribution in [3.8, 4) is 0 Å². The van der Waals surface area contributed by atoms with Crippen LogP contribution in [0, 0.1) is 0 Å². The van der Waals surface area contributed by atoms with E-state index < -0.39 is 0 Å². The number of hydrogen-bond donors (Lipinski definition) is 0. The lowest BCUT2D eigenvalue weighted by Gasteiger charge is -2.09. The van der Waals surface area contributed by atoms with Crippen LogP contribution >= 0.6 is 38.9 Å². The van der Waals surface area contributed by atoms with Crippen molar-refractivity contribution < 1.29 is 0 Å². The van der Waals surface area contributed by atoms with Crippen LogP contribution in [0.25, 0.3) is 0 Å². The molecular formula is C14H14BrClS. The summed E-state index contributed by atoms with van der Waals surface area (Å²) in [5.74, 6) is 0. The number of benzene rings is 1. The quantitative estimate of drug-likeness (QED) is 0.603. The summed E-state index contributed by atoms with van der Waals surface area (Å²) in [5.41, 5.74) is 1.36. The van der Waals surface area contributed by atoms with E-state index in [1.807, 2.05) is 6.07 Å². The van der Waals surface area contributed by atoms with Gasteiger partial charge in [-0.3, -0.25) is 0 Å². The Morgan fingerprint density at radius 2 is 1.88 bits per heavy atom. The summed E-state index contributed by atoms with van der Waals surface area (Å²) >= 11 is 11.3. The van der Waals surface area contributed by atoms with Crippen molar-refractivity contribution in [2.24, 2.45) is 0 Å². The number of thiophene rings is 1. The van der Waals surface area contributed by atoms with Crippen LogP contribution in [0.3, 0.4) is 0 Å². The molecule has 1 atom stereocenters. The highest BCUT2D eigenvalue weighted by Crippen LogP contribution is 2.29. The lowest BCUT2D eigenvalue weighted by atomic mass is 10.1. The van der Waals surface area contributed by atoms with E-state index in [-0.39, 0.29) is 0 Å². The van der Waals surface area contributed by atoms with Crippen molar-refractivity contribution >= 4 is 38.9 Å². The van der Waals surface area contributed by atoms with Crippen LogP contribution in [-0.2, 0) is 6.42 Å². The SMILES string of the molecule is Clc1ccc(CCCC(Br)c2ccccc2)s1. The second-order valence-corrected chi connectivity index (χ2v) is 6.88. The smallest absolute Gasteiger partial charge is 0.0931 e. The van der Waals surface area contributed by atoms with Crippen LogP contribution in [-0.4, -0.2) is 0 Å². The van der Waals surface area contributed by atoms with Crippen LogP contribution < -0.4 is 0 Å². The highest BCUT2D eigenvalue weighted by molar-refractivity contribution is 9.09. The zero-order chi connectivity index (χ0) is 12.1. The second kappa shape index (κ2) is 6.58. The van der Waals surface area contributed by atoms with E-state index in [0.29, 0.717) is 4.83 Å². The Bertz CT molecular complexity index is 452. The van der Waals surface area contributed by atoms with E-state index in [0.717, 1.165) is 17.2 Å². The maximum absolute atomic E-state index is 5.91. The van der Waals surface area contributed by atoms with Crippen LogP contribution in [0.5, 0.6) is 0 Å². The van der Waals surface area contributed by atoms with E-state index in [1.165, 1.54) is 16.9 Å². The molecule has 0 fully saturated rings. The number of hydrogen-bond acceptors (Lipinski definition) is 1. The summed E-state index contributed by atoms with van der Waals surface area (Å²) in [6, 6.07) is 14.7. The molecule has 0 nitrogen and oxygen atoms in total. The van der Waals surface area contributed by atoms with Crippen molar-refractivity contribution in [3.63, 3.8) is 0 Å². The van der Waals surface area contributed by atoms with Gasteiger partial charge >= 0.3 is 0 Å². The molecule has 3 heteroatoms. The molecule has 1 unspecified atom stereocenters. The predicted octanol–water partition coefficient (Wildman–Crippen LogP) is 5.86. The minimum atomic E-state index is 0.458. The van der Waals surface area contributed by atoms with Gasteiger partial charge in [0, 0.05) is 9.70 Å². The molecule has 0 aliphatic carbocycles. The van der Waals surface area contributed by atoms with E-state index in [9.17, 15) is 0 Å². The fourth-order valence-electron chi connectivity index (χ4n) is 1.77. The summed E-state index contributed by atoms with van der Waals surface area (Å²) in [5, 5.41) is 0. The van der Waals surface area contributed by atoms with Crippen LogP contribution in [0.1, 0.15) is 28.1 Å². The number of halogens is 2. The van der Waals surface area contributed by atoms with E-state index >= 15 is 0 Å². The molecular weight excluding hydrogens is 316 g/mol. The normalized spacial score (nSPS) is 12.6. The molecule has 0 radical (unpaired) electrons. The second-order valence-electron chi connectivity index (χ2n) is 3.98. The molecule has 0 bridgehead atoms. The van der Waals surface area contributed by atoms with E-state index in [4.69, 9.17) is 11.6 Å². The zero-order valence-electron chi connectivity index (χ0n) is 9.40. The number of alkyl halides is 1. The van der Waals surface area contributed by atoms with Gasteiger partial charge in [-0.15, -0.1) is 11.3 Å². The molecule has 2 rings (SSSR count). The van der Waals surface area contributed by atoms with E-state index in [1.54, 1.807) is 11.3 Å². The van der Waals surface area contributed by atoms with Gasteiger partial charge in [0.15, 0.2) is 0 Å². The third-order valence-electron chi connectivity index (χ3n) is 2.67. The van der Waals surface area contributed by atoms with Gasteiger partial charge in [0.05, 0.1) is 4.34 Å². The first kappa shape index (κ1) is 13.1. The summed E-state index contributed by atoms with van der Waals surface area (Å²) < 4.78 is 0.887. The van der Waals surface area contributed by atoms with Crippen molar-refractivity contribution in [3.05, 3.63) is 57.2 Å². The predicted molar refractivity (Wildman–Crippen MR) is 80.4 cm³/mol. The average Bonchev–Trinajstić information content (AvgIpc) is 2.76. The molecule has 90 valence electrons. The van der Waals surface area contributed by atoms with Gasteiger partial charge in [-0.25, -0.2) is 0 Å². The molecule has 1 heterocycles. The molecule has 0 amide bonds. The topological polar surface area (TPSA) is 0 Å². The summed E-state index contributed by atoms with van der Waals surface area (Å²) in [4.78, 5) is 1.84. The van der Waals surface area contributed by atoms with Gasteiger partial charge in [0.25, 0.3) is 0 Å². The Kier molecular flexibility index (Phi) is 5.08. The molecule has 17 heavy (non-hydrogen) atoms. The summed E-state index contributed by atoms with van der Waals surface area (Å²) in [7, 11) is 0. The Labute approximate surface area is 120 Å². The maximum Gasteiger partial charge on any atom is 0.0931 e. The molecule has 0 aliphatic heterocycles. The van der Waals surface area contributed by atoms with Crippen molar-refractivity contribution in [1.82, 2.24) is 0 Å². The van der Waals surface area contributed by atoms with E-state index in [2.05, 4.69) is 52.3 Å². The molecule has 1 aromatic heterocycles. The maximum atomic E-state index is 5.91. The minimum absolute atomic E-state index is 0.458. The molecule has 1 aromatic carbocycles. The Morgan fingerprint density at radius 1 is 1.12 bits per heavy atom. The monoisotopic (exact) mass is 328 g/mol. The minimum Gasteiger partial charge on any atom is -0.128 e. The Morgan fingerprint density at radius 3 is 2.53 bits per heavy atom. The highest BCUT2D eigenvalue weighted by atomic mass is 79.9. The fourth-order valence-corrected chi connectivity index (χ4v) is 3.53. The average molecular weight is 330 g/mol. The number of rotatable bonds is 5. The van der Waals surface area contributed by atoms with Crippen LogP contribution in [0.2, 0.25) is 4.34 Å².